The number of nitrogens with two attached hydrogens (primary N) is 1. The lowest BCUT2D eigenvalue weighted by Gasteiger charge is -2.23. The van der Waals surface area contributed by atoms with E-state index in [1.807, 2.05) is 12.1 Å². The summed E-state index contributed by atoms with van der Waals surface area (Å²) in [7, 11) is 1.79. The highest BCUT2D eigenvalue weighted by atomic mass is 35.5. The molecule has 2 N–H and O–H groups in total. The molecule has 0 bridgehead atoms. The number of hydrogen-bond donors (Lipinski definition) is 1. The van der Waals surface area contributed by atoms with Gasteiger partial charge < -0.3 is 10.6 Å². The summed E-state index contributed by atoms with van der Waals surface area (Å²) in [5, 5.41) is 0.596. The predicted molar refractivity (Wildman–Crippen MR) is 73.8 cm³/mol. The van der Waals surface area contributed by atoms with Crippen LogP contribution in [-0.2, 0) is 6.54 Å². The van der Waals surface area contributed by atoms with Crippen molar-refractivity contribution in [3.8, 4) is 0 Å². The Kier molecular flexibility index (Phi) is 3.84. The first-order valence-corrected chi connectivity index (χ1v) is 5.98. The number of hydrogen-bond acceptors (Lipinski definition) is 2. The highest BCUT2D eigenvalue weighted by Crippen LogP contribution is 2.32. The fourth-order valence-corrected chi connectivity index (χ4v) is 2.16. The first-order chi connectivity index (χ1) is 8.65. The minimum atomic E-state index is -0.275. The lowest BCUT2D eigenvalue weighted by Crippen LogP contribution is -2.15. The quantitative estimate of drug-likeness (QED) is 0.916. The van der Waals surface area contributed by atoms with Crippen molar-refractivity contribution in [3.63, 3.8) is 0 Å². The molecule has 18 heavy (non-hydrogen) atoms. The van der Waals surface area contributed by atoms with Crippen LogP contribution in [-0.4, -0.2) is 7.05 Å². The Labute approximate surface area is 111 Å². The summed E-state index contributed by atoms with van der Waals surface area (Å²) < 4.78 is 13.8. The lowest BCUT2D eigenvalue weighted by molar-refractivity contribution is 0.627. The largest absolute Gasteiger partial charge is 0.342 e. The van der Waals surface area contributed by atoms with Gasteiger partial charge in [-0.05, 0) is 24.3 Å². The summed E-state index contributed by atoms with van der Waals surface area (Å²) in [5.74, 6) is -0.275. The van der Waals surface area contributed by atoms with Gasteiger partial charge in [0.1, 0.15) is 5.82 Å². The lowest BCUT2D eigenvalue weighted by atomic mass is 10.1. The molecular formula is C14H14ClFN2. The summed E-state index contributed by atoms with van der Waals surface area (Å²) >= 11 is 6.10. The van der Waals surface area contributed by atoms with Crippen LogP contribution in [0.4, 0.5) is 15.8 Å². The van der Waals surface area contributed by atoms with E-state index in [-0.39, 0.29) is 5.82 Å². The topological polar surface area (TPSA) is 29.3 Å². The second-order valence-electron chi connectivity index (χ2n) is 3.95. The van der Waals surface area contributed by atoms with E-state index in [1.54, 1.807) is 36.2 Å². The van der Waals surface area contributed by atoms with Gasteiger partial charge in [-0.2, -0.15) is 0 Å². The van der Waals surface area contributed by atoms with E-state index in [0.29, 0.717) is 17.3 Å². The van der Waals surface area contributed by atoms with Crippen molar-refractivity contribution in [2.75, 3.05) is 11.9 Å². The van der Waals surface area contributed by atoms with Crippen LogP contribution in [0.25, 0.3) is 0 Å². The van der Waals surface area contributed by atoms with E-state index < -0.39 is 0 Å². The van der Waals surface area contributed by atoms with Crippen LogP contribution in [0, 0.1) is 5.82 Å². The van der Waals surface area contributed by atoms with Gasteiger partial charge in [0, 0.05) is 29.9 Å². The molecule has 2 aromatic rings. The number of benzene rings is 2. The number of para-hydroxylation sites is 1. The molecule has 0 atom stereocenters. The van der Waals surface area contributed by atoms with Gasteiger partial charge in [0.2, 0.25) is 0 Å². The summed E-state index contributed by atoms with van der Waals surface area (Å²) in [6.07, 6.45) is 0. The summed E-state index contributed by atoms with van der Waals surface area (Å²) in [6, 6.07) is 12.1. The van der Waals surface area contributed by atoms with Gasteiger partial charge >= 0.3 is 0 Å². The molecule has 0 aromatic heterocycles. The molecule has 0 fully saturated rings. The van der Waals surface area contributed by atoms with Gasteiger partial charge in [-0.3, -0.25) is 0 Å². The van der Waals surface area contributed by atoms with Crippen molar-refractivity contribution in [1.29, 1.82) is 0 Å². The third-order valence-corrected chi connectivity index (χ3v) is 3.23. The van der Waals surface area contributed by atoms with Crippen LogP contribution in [0.1, 0.15) is 5.56 Å². The van der Waals surface area contributed by atoms with Gasteiger partial charge in [0.05, 0.1) is 5.69 Å². The molecule has 94 valence electrons. The van der Waals surface area contributed by atoms with E-state index in [9.17, 15) is 4.39 Å². The normalized spacial score (nSPS) is 10.4. The van der Waals surface area contributed by atoms with Crippen LogP contribution >= 0.6 is 11.6 Å². The fraction of sp³-hybridized carbons (Fsp3) is 0.143. The van der Waals surface area contributed by atoms with Gasteiger partial charge in [-0.25, -0.2) is 4.39 Å². The third-order valence-electron chi connectivity index (χ3n) is 2.87. The molecule has 0 aliphatic heterocycles. The SMILES string of the molecule is CN(c1ccccc1F)c1cccc(Cl)c1CN. The van der Waals surface area contributed by atoms with Gasteiger partial charge in [0.25, 0.3) is 0 Å². The fourth-order valence-electron chi connectivity index (χ4n) is 1.92. The standard InChI is InChI=1S/C14H14ClFN2/c1-18(14-7-3-2-6-12(14)16)13-8-4-5-11(15)10(13)9-17/h2-8H,9,17H2,1H3. The Hall–Kier alpha value is -1.58. The number of nitrogens with zero attached hydrogens (tertiary/aromatic N) is 1. The second-order valence-corrected chi connectivity index (χ2v) is 4.36. The van der Waals surface area contributed by atoms with Crippen LogP contribution < -0.4 is 10.6 Å². The van der Waals surface area contributed by atoms with Crippen LogP contribution in [0.15, 0.2) is 42.5 Å². The molecule has 0 saturated carbocycles. The molecule has 0 spiro atoms. The van der Waals surface area contributed by atoms with E-state index in [2.05, 4.69) is 0 Å². The van der Waals surface area contributed by atoms with Crippen molar-refractivity contribution >= 4 is 23.0 Å². The maximum Gasteiger partial charge on any atom is 0.146 e. The van der Waals surface area contributed by atoms with Crippen molar-refractivity contribution < 1.29 is 4.39 Å². The highest BCUT2D eigenvalue weighted by molar-refractivity contribution is 6.31. The first kappa shape index (κ1) is 12.9. The maximum atomic E-state index is 13.8. The second kappa shape index (κ2) is 5.38. The molecule has 0 radical (unpaired) electrons. The zero-order valence-electron chi connectivity index (χ0n) is 10.0. The van der Waals surface area contributed by atoms with Crippen LogP contribution in [0.3, 0.4) is 0 Å². The number of anilines is 2. The average molecular weight is 265 g/mol. The molecule has 2 aromatic carbocycles. The average Bonchev–Trinajstić information content (AvgIpc) is 2.38. The van der Waals surface area contributed by atoms with E-state index >= 15 is 0 Å². The van der Waals surface area contributed by atoms with Gasteiger partial charge in [-0.1, -0.05) is 29.8 Å². The molecule has 2 rings (SSSR count). The third kappa shape index (κ3) is 2.33. The Bertz CT molecular complexity index is 557. The highest BCUT2D eigenvalue weighted by Gasteiger charge is 2.13. The van der Waals surface area contributed by atoms with E-state index in [4.69, 9.17) is 17.3 Å². The molecule has 0 unspecified atom stereocenters. The Morgan fingerprint density at radius 3 is 2.44 bits per heavy atom. The van der Waals surface area contributed by atoms with Crippen molar-refractivity contribution in [1.82, 2.24) is 0 Å². The van der Waals surface area contributed by atoms with E-state index in [0.717, 1.165) is 11.3 Å². The predicted octanol–water partition coefficient (Wildman–Crippen LogP) is 3.71. The number of rotatable bonds is 3. The van der Waals surface area contributed by atoms with Gasteiger partial charge in [0.15, 0.2) is 0 Å². The molecule has 0 aliphatic carbocycles. The Balaban J connectivity index is 2.50. The van der Waals surface area contributed by atoms with Crippen LogP contribution in [0.5, 0.6) is 0 Å². The molecule has 0 saturated heterocycles. The van der Waals surface area contributed by atoms with Gasteiger partial charge in [-0.15, -0.1) is 0 Å². The molecule has 2 nitrogen and oxygen atoms in total. The number of halogens is 2. The molecule has 0 amide bonds. The Morgan fingerprint density at radius 1 is 1.11 bits per heavy atom. The molecular weight excluding hydrogens is 251 g/mol. The molecule has 0 aliphatic rings. The minimum Gasteiger partial charge on any atom is -0.342 e. The minimum absolute atomic E-state index is 0.275. The van der Waals surface area contributed by atoms with Crippen molar-refractivity contribution in [2.45, 2.75) is 6.54 Å². The zero-order chi connectivity index (χ0) is 13.1. The molecule has 4 heteroatoms. The zero-order valence-corrected chi connectivity index (χ0v) is 10.8. The molecule has 0 heterocycles. The summed E-state index contributed by atoms with van der Waals surface area (Å²) in [4.78, 5) is 1.75. The first-order valence-electron chi connectivity index (χ1n) is 5.61. The monoisotopic (exact) mass is 264 g/mol. The summed E-state index contributed by atoms with van der Waals surface area (Å²) in [6.45, 7) is 0.313. The van der Waals surface area contributed by atoms with Crippen molar-refractivity contribution in [2.24, 2.45) is 5.73 Å². The summed E-state index contributed by atoms with van der Waals surface area (Å²) in [5.41, 5.74) is 7.82. The van der Waals surface area contributed by atoms with E-state index in [1.165, 1.54) is 6.07 Å². The van der Waals surface area contributed by atoms with Crippen molar-refractivity contribution in [3.05, 3.63) is 58.9 Å². The Morgan fingerprint density at radius 2 is 1.78 bits per heavy atom. The van der Waals surface area contributed by atoms with Crippen LogP contribution in [0.2, 0.25) is 5.02 Å². The smallest absolute Gasteiger partial charge is 0.146 e. The maximum absolute atomic E-state index is 13.8.